The van der Waals surface area contributed by atoms with Gasteiger partial charge < -0.3 is 5.32 Å². The molecular formula is C27H25ClN4O2S. The summed E-state index contributed by atoms with van der Waals surface area (Å²) < 4.78 is 1.67. The van der Waals surface area contributed by atoms with E-state index in [1.807, 2.05) is 73.8 Å². The number of hydrogen-bond donors (Lipinski definition) is 1. The Bertz CT molecular complexity index is 1380. The van der Waals surface area contributed by atoms with Gasteiger partial charge in [-0.05, 0) is 60.2 Å². The zero-order chi connectivity index (χ0) is 24.6. The summed E-state index contributed by atoms with van der Waals surface area (Å²) in [5.74, 6) is -0.484. The Labute approximate surface area is 213 Å². The molecule has 0 fully saturated rings. The van der Waals surface area contributed by atoms with Crippen molar-refractivity contribution < 1.29 is 9.59 Å². The molecule has 0 spiro atoms. The predicted molar refractivity (Wildman–Crippen MR) is 140 cm³/mol. The predicted octanol–water partition coefficient (Wildman–Crippen LogP) is 5.56. The van der Waals surface area contributed by atoms with Crippen LogP contribution in [0.3, 0.4) is 0 Å². The largest absolute Gasteiger partial charge is 0.350 e. The van der Waals surface area contributed by atoms with E-state index in [4.69, 9.17) is 16.7 Å². The molecule has 35 heavy (non-hydrogen) atoms. The van der Waals surface area contributed by atoms with Crippen LogP contribution in [0.15, 0.2) is 72.1 Å². The number of aryl methyl sites for hydroxylation is 1. The summed E-state index contributed by atoms with van der Waals surface area (Å²) in [6.45, 7) is 4.42. The Balaban J connectivity index is 1.55. The van der Waals surface area contributed by atoms with Gasteiger partial charge in [-0.15, -0.1) is 11.3 Å². The average molecular weight is 505 g/mol. The van der Waals surface area contributed by atoms with Crippen LogP contribution in [0.25, 0.3) is 10.6 Å². The van der Waals surface area contributed by atoms with E-state index in [0.29, 0.717) is 17.3 Å². The second-order valence-corrected chi connectivity index (χ2v) is 10.1. The van der Waals surface area contributed by atoms with Gasteiger partial charge in [0.2, 0.25) is 5.91 Å². The molecule has 0 saturated heterocycles. The Morgan fingerprint density at radius 2 is 1.91 bits per heavy atom. The lowest BCUT2D eigenvalue weighted by molar-refractivity contribution is -0.126. The molecule has 0 aliphatic carbocycles. The highest BCUT2D eigenvalue weighted by Gasteiger charge is 2.49. The van der Waals surface area contributed by atoms with E-state index in [2.05, 4.69) is 5.32 Å². The Kier molecular flexibility index (Phi) is 6.21. The van der Waals surface area contributed by atoms with Gasteiger partial charge in [-0.1, -0.05) is 54.9 Å². The summed E-state index contributed by atoms with van der Waals surface area (Å²) in [6, 6.07) is 20.8. The maximum Gasteiger partial charge on any atom is 0.277 e. The first-order chi connectivity index (χ1) is 16.9. The molecule has 3 heterocycles. The molecule has 1 aliphatic heterocycles. The second kappa shape index (κ2) is 9.32. The number of anilines is 1. The molecule has 1 N–H and O–H groups in total. The molecule has 6 nitrogen and oxygen atoms in total. The van der Waals surface area contributed by atoms with Crippen LogP contribution < -0.4 is 10.2 Å². The van der Waals surface area contributed by atoms with Crippen molar-refractivity contribution in [3.05, 3.63) is 94.0 Å². The lowest BCUT2D eigenvalue weighted by Gasteiger charge is -2.43. The van der Waals surface area contributed by atoms with E-state index in [1.165, 1.54) is 0 Å². The van der Waals surface area contributed by atoms with Gasteiger partial charge in [0.15, 0.2) is 0 Å². The van der Waals surface area contributed by atoms with Crippen LogP contribution in [0.1, 0.15) is 35.5 Å². The number of rotatable bonds is 6. The third-order valence-electron chi connectivity index (χ3n) is 6.40. The van der Waals surface area contributed by atoms with Crippen molar-refractivity contribution in [1.82, 2.24) is 15.1 Å². The highest BCUT2D eigenvalue weighted by Crippen LogP contribution is 2.36. The molecular weight excluding hydrogens is 480 g/mol. The van der Waals surface area contributed by atoms with Crippen LogP contribution in [0, 0.1) is 0 Å². The number of amides is 2. The van der Waals surface area contributed by atoms with E-state index < -0.39 is 5.54 Å². The van der Waals surface area contributed by atoms with Gasteiger partial charge in [0.05, 0.1) is 11.4 Å². The van der Waals surface area contributed by atoms with Crippen molar-refractivity contribution in [3.63, 3.8) is 0 Å². The molecule has 2 amide bonds. The van der Waals surface area contributed by atoms with Crippen LogP contribution in [-0.4, -0.2) is 27.1 Å². The molecule has 8 heteroatoms. The van der Waals surface area contributed by atoms with Gasteiger partial charge in [-0.3, -0.25) is 19.2 Å². The van der Waals surface area contributed by atoms with Gasteiger partial charge in [-0.2, -0.15) is 5.10 Å². The third-order valence-corrected chi connectivity index (χ3v) is 7.54. The van der Waals surface area contributed by atoms with Crippen LogP contribution in [-0.2, 0) is 24.3 Å². The maximum absolute atomic E-state index is 14.0. The van der Waals surface area contributed by atoms with Gasteiger partial charge in [0.25, 0.3) is 5.91 Å². The minimum absolute atomic E-state index is 0.239. The fourth-order valence-electron chi connectivity index (χ4n) is 4.51. The lowest BCUT2D eigenvalue weighted by Crippen LogP contribution is -2.64. The molecule has 0 radical (unpaired) electrons. The SMILES string of the molecule is CCc1ccccc1N1C(=O)c2cc(-c3cccs3)nn2C[C@@]1(C)C(=O)NCc1ccc(Cl)cc1. The number of aromatic nitrogens is 2. The zero-order valence-electron chi connectivity index (χ0n) is 19.5. The number of benzene rings is 2. The lowest BCUT2D eigenvalue weighted by atomic mass is 9.92. The highest BCUT2D eigenvalue weighted by molar-refractivity contribution is 7.13. The summed E-state index contributed by atoms with van der Waals surface area (Å²) >= 11 is 7.56. The standard InChI is InChI=1S/C27H25ClN4O2S/c1-3-19-7-4-5-8-22(19)32-25(33)23-15-21(24-9-6-14-35-24)30-31(23)17-27(32,2)26(34)29-16-18-10-12-20(28)13-11-18/h4-15H,3,16-17H2,1-2H3,(H,29,34)/t27-/m0/s1. The number of para-hydroxylation sites is 1. The van der Waals surface area contributed by atoms with Crippen LogP contribution >= 0.6 is 22.9 Å². The van der Waals surface area contributed by atoms with Crippen molar-refractivity contribution in [2.24, 2.45) is 0 Å². The molecule has 178 valence electrons. The number of nitrogens with one attached hydrogen (secondary N) is 1. The maximum atomic E-state index is 14.0. The van der Waals surface area contributed by atoms with Crippen molar-refractivity contribution in [1.29, 1.82) is 0 Å². The molecule has 0 unspecified atom stereocenters. The smallest absolute Gasteiger partial charge is 0.277 e. The quantitative estimate of drug-likeness (QED) is 0.373. The highest BCUT2D eigenvalue weighted by atomic mass is 35.5. The topological polar surface area (TPSA) is 67.2 Å². The Morgan fingerprint density at radius 1 is 1.14 bits per heavy atom. The minimum atomic E-state index is -1.18. The van der Waals surface area contributed by atoms with Crippen LogP contribution in [0.4, 0.5) is 5.69 Å². The van der Waals surface area contributed by atoms with Gasteiger partial charge in [0.1, 0.15) is 16.9 Å². The summed E-state index contributed by atoms with van der Waals surface area (Å²) in [7, 11) is 0. The van der Waals surface area contributed by atoms with E-state index in [1.54, 1.807) is 33.1 Å². The number of halogens is 1. The molecule has 1 atom stereocenters. The monoisotopic (exact) mass is 504 g/mol. The number of carbonyl (C=O) groups is 2. The number of fused-ring (bicyclic) bond motifs is 1. The molecule has 0 bridgehead atoms. The number of hydrogen-bond acceptors (Lipinski definition) is 4. The van der Waals surface area contributed by atoms with Crippen molar-refractivity contribution in [2.75, 3.05) is 4.90 Å². The average Bonchev–Trinajstić information content (AvgIpc) is 3.54. The normalized spacial score (nSPS) is 17.3. The van der Waals surface area contributed by atoms with E-state index in [9.17, 15) is 9.59 Å². The summed E-state index contributed by atoms with van der Waals surface area (Å²) in [4.78, 5) is 30.4. The fourth-order valence-corrected chi connectivity index (χ4v) is 5.31. The fraction of sp³-hybridized carbons (Fsp3) is 0.222. The van der Waals surface area contributed by atoms with Gasteiger partial charge >= 0.3 is 0 Å². The first kappa shape index (κ1) is 23.3. The second-order valence-electron chi connectivity index (χ2n) is 8.76. The van der Waals surface area contributed by atoms with Crippen LogP contribution in [0.2, 0.25) is 5.02 Å². The molecule has 2 aromatic carbocycles. The summed E-state index contributed by atoms with van der Waals surface area (Å²) in [5.41, 5.74) is 2.70. The summed E-state index contributed by atoms with van der Waals surface area (Å²) in [5, 5.41) is 10.4. The van der Waals surface area contributed by atoms with E-state index in [-0.39, 0.29) is 18.4 Å². The molecule has 5 rings (SSSR count). The minimum Gasteiger partial charge on any atom is -0.350 e. The Hall–Kier alpha value is -3.42. The van der Waals surface area contributed by atoms with Crippen LogP contribution in [0.5, 0.6) is 0 Å². The van der Waals surface area contributed by atoms with Crippen molar-refractivity contribution in [2.45, 2.75) is 38.9 Å². The first-order valence-corrected chi connectivity index (χ1v) is 12.7. The van der Waals surface area contributed by atoms with Gasteiger partial charge in [0, 0.05) is 17.3 Å². The van der Waals surface area contributed by atoms with Crippen molar-refractivity contribution in [3.8, 4) is 10.6 Å². The number of nitrogens with zero attached hydrogens (tertiary/aromatic N) is 3. The zero-order valence-corrected chi connectivity index (χ0v) is 21.1. The molecule has 2 aromatic heterocycles. The number of carbonyl (C=O) groups excluding carboxylic acids is 2. The van der Waals surface area contributed by atoms with E-state index in [0.717, 1.165) is 33.8 Å². The number of thiophene rings is 1. The molecule has 1 aliphatic rings. The molecule has 4 aromatic rings. The first-order valence-electron chi connectivity index (χ1n) is 11.5. The molecule has 0 saturated carbocycles. The van der Waals surface area contributed by atoms with E-state index >= 15 is 0 Å². The third kappa shape index (κ3) is 4.26. The van der Waals surface area contributed by atoms with Crippen molar-refractivity contribution >= 4 is 40.4 Å². The summed E-state index contributed by atoms with van der Waals surface area (Å²) in [6.07, 6.45) is 0.738. The van der Waals surface area contributed by atoms with Gasteiger partial charge in [-0.25, -0.2) is 0 Å². The Morgan fingerprint density at radius 3 is 2.63 bits per heavy atom.